The highest BCUT2D eigenvalue weighted by Gasteiger charge is 2.33. The molecule has 0 bridgehead atoms. The molecular formula is C14H24N2O3. The van der Waals surface area contributed by atoms with Crippen LogP contribution in [-0.2, 0) is 9.59 Å². The van der Waals surface area contributed by atoms with Gasteiger partial charge in [-0.2, -0.15) is 0 Å². The summed E-state index contributed by atoms with van der Waals surface area (Å²) in [7, 11) is 0. The molecule has 2 heterocycles. The Morgan fingerprint density at radius 3 is 2.79 bits per heavy atom. The van der Waals surface area contributed by atoms with Crippen LogP contribution >= 0.6 is 0 Å². The lowest BCUT2D eigenvalue weighted by atomic mass is 9.90. The zero-order valence-corrected chi connectivity index (χ0v) is 11.7. The molecule has 1 atom stereocenters. The molecule has 0 unspecified atom stereocenters. The van der Waals surface area contributed by atoms with E-state index in [0.717, 1.165) is 32.4 Å². The van der Waals surface area contributed by atoms with Gasteiger partial charge >= 0.3 is 0 Å². The molecule has 5 nitrogen and oxygen atoms in total. The monoisotopic (exact) mass is 268 g/mol. The molecule has 2 amide bonds. The van der Waals surface area contributed by atoms with Crippen LogP contribution in [0.25, 0.3) is 0 Å². The van der Waals surface area contributed by atoms with E-state index < -0.39 is 5.60 Å². The lowest BCUT2D eigenvalue weighted by Gasteiger charge is -2.39. The number of likely N-dealkylation sites (tertiary alicyclic amines) is 2. The Kier molecular flexibility index (Phi) is 4.45. The van der Waals surface area contributed by atoms with E-state index in [1.54, 1.807) is 9.80 Å². The quantitative estimate of drug-likeness (QED) is 0.819. The summed E-state index contributed by atoms with van der Waals surface area (Å²) in [5.41, 5.74) is -0.711. The van der Waals surface area contributed by atoms with Gasteiger partial charge in [-0.15, -0.1) is 0 Å². The number of rotatable bonds is 4. The van der Waals surface area contributed by atoms with Gasteiger partial charge in [0.25, 0.3) is 0 Å². The Bertz CT molecular complexity index is 359. The number of hydrogen-bond acceptors (Lipinski definition) is 3. The summed E-state index contributed by atoms with van der Waals surface area (Å²) < 4.78 is 0. The number of β-amino-alcohol motifs (C(OH)–C–C–N with tert-alkyl or cyclic N) is 1. The predicted molar refractivity (Wildman–Crippen MR) is 71.5 cm³/mol. The van der Waals surface area contributed by atoms with Gasteiger partial charge in [0.05, 0.1) is 5.60 Å². The van der Waals surface area contributed by atoms with Crippen molar-refractivity contribution in [2.24, 2.45) is 0 Å². The topological polar surface area (TPSA) is 60.9 Å². The van der Waals surface area contributed by atoms with E-state index in [-0.39, 0.29) is 11.8 Å². The standard InChI is InChI=1S/C14H24N2O3/c1-2-14(19)7-4-9-16(11-14)13(18)6-10-15-8-3-5-12(15)17/h19H,2-11H2,1H3/t14-/m0/s1. The molecule has 108 valence electrons. The van der Waals surface area contributed by atoms with Crippen molar-refractivity contribution in [1.29, 1.82) is 0 Å². The molecule has 2 rings (SSSR count). The van der Waals surface area contributed by atoms with Crippen LogP contribution in [0.1, 0.15) is 45.4 Å². The molecule has 0 saturated carbocycles. The molecule has 0 aromatic heterocycles. The van der Waals surface area contributed by atoms with Gasteiger partial charge in [-0.05, 0) is 25.7 Å². The van der Waals surface area contributed by atoms with Gasteiger partial charge in [0.15, 0.2) is 0 Å². The number of nitrogens with zero attached hydrogens (tertiary/aromatic N) is 2. The van der Waals surface area contributed by atoms with E-state index in [9.17, 15) is 14.7 Å². The van der Waals surface area contributed by atoms with Crippen LogP contribution in [0.15, 0.2) is 0 Å². The van der Waals surface area contributed by atoms with Crippen LogP contribution in [-0.4, -0.2) is 58.5 Å². The fourth-order valence-corrected chi connectivity index (χ4v) is 2.94. The highest BCUT2D eigenvalue weighted by atomic mass is 16.3. The fraction of sp³-hybridized carbons (Fsp3) is 0.857. The lowest BCUT2D eigenvalue weighted by Crippen LogP contribution is -2.50. The van der Waals surface area contributed by atoms with Gasteiger partial charge in [-0.3, -0.25) is 9.59 Å². The van der Waals surface area contributed by atoms with Gasteiger partial charge in [0.2, 0.25) is 11.8 Å². The summed E-state index contributed by atoms with van der Waals surface area (Å²) >= 11 is 0. The average molecular weight is 268 g/mol. The maximum absolute atomic E-state index is 12.1. The molecule has 0 spiro atoms. The number of aliphatic hydroxyl groups is 1. The van der Waals surface area contributed by atoms with Crippen LogP contribution in [0, 0.1) is 0 Å². The number of amides is 2. The van der Waals surface area contributed by atoms with Crippen LogP contribution < -0.4 is 0 Å². The van der Waals surface area contributed by atoms with Crippen molar-refractivity contribution in [1.82, 2.24) is 9.80 Å². The zero-order valence-electron chi connectivity index (χ0n) is 11.7. The zero-order chi connectivity index (χ0) is 13.9. The van der Waals surface area contributed by atoms with Crippen molar-refractivity contribution < 1.29 is 14.7 Å². The largest absolute Gasteiger partial charge is 0.388 e. The molecule has 2 fully saturated rings. The van der Waals surface area contributed by atoms with Crippen molar-refractivity contribution >= 4 is 11.8 Å². The fourth-order valence-electron chi connectivity index (χ4n) is 2.94. The molecular weight excluding hydrogens is 244 g/mol. The van der Waals surface area contributed by atoms with E-state index in [1.807, 2.05) is 6.92 Å². The van der Waals surface area contributed by atoms with Crippen LogP contribution in [0.5, 0.6) is 0 Å². The maximum Gasteiger partial charge on any atom is 0.224 e. The predicted octanol–water partition coefficient (Wildman–Crippen LogP) is 0.762. The summed E-state index contributed by atoms with van der Waals surface area (Å²) in [6.07, 6.45) is 4.23. The Morgan fingerprint density at radius 1 is 1.37 bits per heavy atom. The van der Waals surface area contributed by atoms with E-state index in [2.05, 4.69) is 0 Å². The van der Waals surface area contributed by atoms with Crippen molar-refractivity contribution in [3.8, 4) is 0 Å². The molecule has 2 aliphatic rings. The third-order valence-corrected chi connectivity index (χ3v) is 4.33. The Labute approximate surface area is 114 Å². The average Bonchev–Trinajstić information content (AvgIpc) is 2.81. The van der Waals surface area contributed by atoms with E-state index in [0.29, 0.717) is 32.4 Å². The highest BCUT2D eigenvalue weighted by molar-refractivity contribution is 5.80. The molecule has 0 aromatic rings. The van der Waals surface area contributed by atoms with Crippen molar-refractivity contribution in [2.45, 2.75) is 51.0 Å². The Morgan fingerprint density at radius 2 is 2.16 bits per heavy atom. The SMILES string of the molecule is CC[C@]1(O)CCCN(C(=O)CCN2CCCC2=O)C1. The minimum absolute atomic E-state index is 0.0614. The highest BCUT2D eigenvalue weighted by Crippen LogP contribution is 2.24. The number of hydrogen-bond donors (Lipinski definition) is 1. The van der Waals surface area contributed by atoms with Crippen LogP contribution in [0.2, 0.25) is 0 Å². The van der Waals surface area contributed by atoms with Gasteiger partial charge in [0.1, 0.15) is 0 Å². The minimum Gasteiger partial charge on any atom is -0.388 e. The third kappa shape index (κ3) is 3.47. The van der Waals surface area contributed by atoms with Gasteiger partial charge in [0, 0.05) is 39.0 Å². The minimum atomic E-state index is -0.711. The molecule has 0 aliphatic carbocycles. The first-order valence-electron chi connectivity index (χ1n) is 7.32. The normalized spacial score (nSPS) is 28.0. The van der Waals surface area contributed by atoms with Gasteiger partial charge in [-0.25, -0.2) is 0 Å². The molecule has 19 heavy (non-hydrogen) atoms. The van der Waals surface area contributed by atoms with Crippen LogP contribution in [0.3, 0.4) is 0 Å². The Balaban J connectivity index is 1.81. The third-order valence-electron chi connectivity index (χ3n) is 4.33. The summed E-state index contributed by atoms with van der Waals surface area (Å²) in [5, 5.41) is 10.3. The second kappa shape index (κ2) is 5.90. The van der Waals surface area contributed by atoms with Crippen molar-refractivity contribution in [2.75, 3.05) is 26.2 Å². The lowest BCUT2D eigenvalue weighted by molar-refractivity contribution is -0.139. The first-order valence-corrected chi connectivity index (χ1v) is 7.32. The second-order valence-corrected chi connectivity index (χ2v) is 5.73. The first kappa shape index (κ1) is 14.3. The Hall–Kier alpha value is -1.10. The first-order chi connectivity index (χ1) is 9.04. The molecule has 0 aromatic carbocycles. The number of carbonyl (C=O) groups is 2. The smallest absolute Gasteiger partial charge is 0.224 e. The van der Waals surface area contributed by atoms with Gasteiger partial charge in [-0.1, -0.05) is 6.92 Å². The number of piperidine rings is 1. The van der Waals surface area contributed by atoms with E-state index in [4.69, 9.17) is 0 Å². The van der Waals surface area contributed by atoms with E-state index in [1.165, 1.54) is 0 Å². The van der Waals surface area contributed by atoms with Gasteiger partial charge < -0.3 is 14.9 Å². The molecule has 2 aliphatic heterocycles. The van der Waals surface area contributed by atoms with Crippen LogP contribution in [0.4, 0.5) is 0 Å². The molecule has 2 saturated heterocycles. The summed E-state index contributed by atoms with van der Waals surface area (Å²) in [6.45, 7) is 4.44. The van der Waals surface area contributed by atoms with E-state index >= 15 is 0 Å². The number of carbonyl (C=O) groups excluding carboxylic acids is 2. The second-order valence-electron chi connectivity index (χ2n) is 5.73. The van der Waals surface area contributed by atoms with Crippen molar-refractivity contribution in [3.63, 3.8) is 0 Å². The maximum atomic E-state index is 12.1. The molecule has 0 radical (unpaired) electrons. The summed E-state index contributed by atoms with van der Waals surface area (Å²) in [4.78, 5) is 27.1. The summed E-state index contributed by atoms with van der Waals surface area (Å²) in [6, 6.07) is 0. The molecule has 5 heteroatoms. The molecule has 1 N–H and O–H groups in total. The van der Waals surface area contributed by atoms with Crippen molar-refractivity contribution in [3.05, 3.63) is 0 Å². The summed E-state index contributed by atoms with van der Waals surface area (Å²) in [5.74, 6) is 0.225.